The Bertz CT molecular complexity index is 535. The van der Waals surface area contributed by atoms with Crippen LogP contribution in [0.15, 0.2) is 18.2 Å². The molecule has 1 aromatic carbocycles. The van der Waals surface area contributed by atoms with Crippen LogP contribution < -0.4 is 0 Å². The van der Waals surface area contributed by atoms with E-state index in [-0.39, 0.29) is 25.5 Å². The number of carbonyl (C=O) groups is 2. The molecule has 1 fully saturated rings. The highest BCUT2D eigenvalue weighted by Gasteiger charge is 2.32. The number of nitrogens with zero attached hydrogens (tertiary/aromatic N) is 1. The summed E-state index contributed by atoms with van der Waals surface area (Å²) >= 11 is 11.9. The second-order valence-electron chi connectivity index (χ2n) is 4.43. The van der Waals surface area contributed by atoms with E-state index >= 15 is 0 Å². The topological polar surface area (TPSA) is 66.8 Å². The van der Waals surface area contributed by atoms with E-state index in [1.165, 1.54) is 4.90 Å². The van der Waals surface area contributed by atoms with Crippen LogP contribution in [-0.4, -0.2) is 47.7 Å². The van der Waals surface area contributed by atoms with E-state index in [1.54, 1.807) is 18.2 Å². The van der Waals surface area contributed by atoms with Crippen LogP contribution in [0.5, 0.6) is 0 Å². The molecule has 2 rings (SSSR count). The molecule has 7 heteroatoms. The molecular formula is C13H13Cl2NO4. The van der Waals surface area contributed by atoms with Crippen LogP contribution >= 0.6 is 23.2 Å². The van der Waals surface area contributed by atoms with Gasteiger partial charge in [0.15, 0.2) is 6.04 Å². The maximum absolute atomic E-state index is 12.3. The number of hydrogen-bond donors (Lipinski definition) is 1. The third kappa shape index (κ3) is 3.42. The summed E-state index contributed by atoms with van der Waals surface area (Å²) in [5, 5.41) is 10.0. The summed E-state index contributed by atoms with van der Waals surface area (Å²) in [5.74, 6) is -1.37. The number of morpholine rings is 1. The summed E-state index contributed by atoms with van der Waals surface area (Å²) in [4.78, 5) is 24.7. The van der Waals surface area contributed by atoms with Crippen LogP contribution in [0.3, 0.4) is 0 Å². The fourth-order valence-electron chi connectivity index (χ4n) is 2.05. The Hall–Kier alpha value is -1.30. The summed E-state index contributed by atoms with van der Waals surface area (Å²) in [6.07, 6.45) is 0.0170. The molecule has 1 N–H and O–H groups in total. The molecule has 20 heavy (non-hydrogen) atoms. The molecule has 0 bridgehead atoms. The first-order valence-electron chi connectivity index (χ1n) is 6.03. The highest BCUT2D eigenvalue weighted by Crippen LogP contribution is 2.22. The molecule has 1 atom stereocenters. The first kappa shape index (κ1) is 15.1. The first-order valence-corrected chi connectivity index (χ1v) is 6.78. The summed E-state index contributed by atoms with van der Waals surface area (Å²) in [6, 6.07) is 3.90. The van der Waals surface area contributed by atoms with E-state index in [9.17, 15) is 9.59 Å². The van der Waals surface area contributed by atoms with Crippen molar-refractivity contribution in [3.05, 3.63) is 33.8 Å². The van der Waals surface area contributed by atoms with Crippen molar-refractivity contribution in [2.75, 3.05) is 19.8 Å². The van der Waals surface area contributed by atoms with Crippen molar-refractivity contribution in [2.45, 2.75) is 12.5 Å². The molecule has 1 amide bonds. The van der Waals surface area contributed by atoms with Crippen molar-refractivity contribution < 1.29 is 19.4 Å². The fraction of sp³-hybridized carbons (Fsp3) is 0.385. The van der Waals surface area contributed by atoms with Gasteiger partial charge < -0.3 is 14.7 Å². The average Bonchev–Trinajstić information content (AvgIpc) is 2.42. The van der Waals surface area contributed by atoms with Crippen molar-refractivity contribution in [3.63, 3.8) is 0 Å². The van der Waals surface area contributed by atoms with Crippen LogP contribution in [0.2, 0.25) is 10.0 Å². The number of ether oxygens (including phenoxy) is 1. The third-order valence-corrected chi connectivity index (χ3v) is 3.69. The van der Waals surface area contributed by atoms with Crippen molar-refractivity contribution in [3.8, 4) is 0 Å². The lowest BCUT2D eigenvalue weighted by atomic mass is 10.1. The smallest absolute Gasteiger partial charge is 0.328 e. The Morgan fingerprint density at radius 1 is 1.40 bits per heavy atom. The number of carboxylic acids is 1. The number of carbonyl (C=O) groups excluding carboxylic acids is 1. The Balaban J connectivity index is 2.14. The van der Waals surface area contributed by atoms with Gasteiger partial charge in [-0.25, -0.2) is 4.79 Å². The van der Waals surface area contributed by atoms with Crippen LogP contribution in [0.1, 0.15) is 5.56 Å². The average molecular weight is 318 g/mol. The zero-order valence-corrected chi connectivity index (χ0v) is 12.0. The van der Waals surface area contributed by atoms with Crippen LogP contribution in [0.4, 0.5) is 0 Å². The fourth-order valence-corrected chi connectivity index (χ4v) is 2.43. The first-order chi connectivity index (χ1) is 9.49. The van der Waals surface area contributed by atoms with Crippen LogP contribution in [-0.2, 0) is 20.7 Å². The monoisotopic (exact) mass is 317 g/mol. The van der Waals surface area contributed by atoms with Crippen molar-refractivity contribution >= 4 is 35.1 Å². The van der Waals surface area contributed by atoms with Gasteiger partial charge in [-0.15, -0.1) is 0 Å². The lowest BCUT2D eigenvalue weighted by Gasteiger charge is -2.33. The standard InChI is InChI=1S/C13H13Cl2NO4/c14-9-1-2-10(15)8(5-9)6-12(17)16-3-4-20-7-11(16)13(18)19/h1-2,5,11H,3-4,6-7H2,(H,18,19)/t11-/m1/s1. The maximum atomic E-state index is 12.3. The Morgan fingerprint density at radius 2 is 2.15 bits per heavy atom. The number of carboxylic acid groups (broad SMARTS) is 1. The third-order valence-electron chi connectivity index (χ3n) is 3.08. The van der Waals surface area contributed by atoms with Gasteiger partial charge in [0.25, 0.3) is 0 Å². The van der Waals surface area contributed by atoms with Crippen LogP contribution in [0.25, 0.3) is 0 Å². The number of rotatable bonds is 3. The molecule has 1 saturated heterocycles. The number of aliphatic carboxylic acids is 1. The lowest BCUT2D eigenvalue weighted by Crippen LogP contribution is -2.53. The number of benzene rings is 1. The molecule has 0 spiro atoms. The zero-order chi connectivity index (χ0) is 14.7. The van der Waals surface area contributed by atoms with Crippen molar-refractivity contribution in [1.29, 1.82) is 0 Å². The minimum absolute atomic E-state index is 0.00432. The van der Waals surface area contributed by atoms with E-state index < -0.39 is 12.0 Å². The highest BCUT2D eigenvalue weighted by atomic mass is 35.5. The second-order valence-corrected chi connectivity index (χ2v) is 5.27. The van der Waals surface area contributed by atoms with Gasteiger partial charge in [0.05, 0.1) is 19.6 Å². The summed E-state index contributed by atoms with van der Waals surface area (Å²) in [6.45, 7) is 0.594. The van der Waals surface area contributed by atoms with Gasteiger partial charge in [-0.3, -0.25) is 4.79 Å². The quantitative estimate of drug-likeness (QED) is 0.923. The van der Waals surface area contributed by atoms with E-state index in [1.807, 2.05) is 0 Å². The molecule has 1 aliphatic heterocycles. The molecule has 1 aliphatic rings. The zero-order valence-electron chi connectivity index (χ0n) is 10.5. The summed E-state index contributed by atoms with van der Waals surface area (Å²) in [7, 11) is 0. The van der Waals surface area contributed by atoms with E-state index in [0.717, 1.165) is 0 Å². The van der Waals surface area contributed by atoms with Crippen LogP contribution in [0, 0.1) is 0 Å². The predicted molar refractivity (Wildman–Crippen MR) is 74.1 cm³/mol. The molecule has 0 saturated carbocycles. The van der Waals surface area contributed by atoms with Gasteiger partial charge >= 0.3 is 5.97 Å². The summed E-state index contributed by atoms with van der Waals surface area (Å²) in [5.41, 5.74) is 0.583. The molecular weight excluding hydrogens is 305 g/mol. The molecule has 5 nitrogen and oxygen atoms in total. The van der Waals surface area contributed by atoms with E-state index in [0.29, 0.717) is 22.2 Å². The Kier molecular flexibility index (Phi) is 4.86. The molecule has 108 valence electrons. The van der Waals surface area contributed by atoms with Gasteiger partial charge in [0.1, 0.15) is 0 Å². The molecule has 1 heterocycles. The molecule has 0 radical (unpaired) electrons. The van der Waals surface area contributed by atoms with Crippen molar-refractivity contribution in [2.24, 2.45) is 0 Å². The van der Waals surface area contributed by atoms with Crippen molar-refractivity contribution in [1.82, 2.24) is 4.90 Å². The normalized spacial score (nSPS) is 18.9. The number of hydrogen-bond acceptors (Lipinski definition) is 3. The predicted octanol–water partition coefficient (Wildman–Crippen LogP) is 1.85. The largest absolute Gasteiger partial charge is 0.480 e. The second kappa shape index (κ2) is 6.43. The molecule has 0 aliphatic carbocycles. The van der Waals surface area contributed by atoms with Gasteiger partial charge in [0, 0.05) is 16.6 Å². The van der Waals surface area contributed by atoms with Gasteiger partial charge in [-0.05, 0) is 23.8 Å². The minimum Gasteiger partial charge on any atom is -0.480 e. The highest BCUT2D eigenvalue weighted by molar-refractivity contribution is 6.33. The maximum Gasteiger partial charge on any atom is 0.328 e. The molecule has 1 aromatic rings. The Morgan fingerprint density at radius 3 is 2.85 bits per heavy atom. The number of amides is 1. The minimum atomic E-state index is -1.07. The van der Waals surface area contributed by atoms with Gasteiger partial charge in [0.2, 0.25) is 5.91 Å². The van der Waals surface area contributed by atoms with E-state index in [4.69, 9.17) is 33.0 Å². The van der Waals surface area contributed by atoms with Gasteiger partial charge in [-0.2, -0.15) is 0 Å². The summed E-state index contributed by atoms with van der Waals surface area (Å²) < 4.78 is 5.09. The number of halogens is 2. The SMILES string of the molecule is O=C(O)[C@H]1COCCN1C(=O)Cc1cc(Cl)ccc1Cl. The molecule has 0 aromatic heterocycles. The Labute approximate surface area is 126 Å². The van der Waals surface area contributed by atoms with E-state index in [2.05, 4.69) is 0 Å². The van der Waals surface area contributed by atoms with Gasteiger partial charge in [-0.1, -0.05) is 23.2 Å². The molecule has 0 unspecified atom stereocenters. The lowest BCUT2D eigenvalue weighted by molar-refractivity contribution is -0.158.